The van der Waals surface area contributed by atoms with Crippen LogP contribution in [0.1, 0.15) is 43.7 Å². The van der Waals surface area contributed by atoms with E-state index in [9.17, 15) is 9.90 Å². The van der Waals surface area contributed by atoms with Crippen LogP contribution in [0.5, 0.6) is 0 Å². The van der Waals surface area contributed by atoms with Crippen LogP contribution in [0.2, 0.25) is 0 Å². The lowest BCUT2D eigenvalue weighted by atomic mass is 9.92. The molecule has 0 spiro atoms. The number of carboxylic acid groups (broad SMARTS) is 1. The normalized spacial score (nSPS) is 11.2. The number of aliphatic hydroxyl groups is 1. The number of nitrogens with zero attached hydrogens (tertiary/aromatic N) is 1. The van der Waals surface area contributed by atoms with Gasteiger partial charge in [-0.1, -0.05) is 12.1 Å². The summed E-state index contributed by atoms with van der Waals surface area (Å²) in [5.74, 6) is -0.948. The van der Waals surface area contributed by atoms with Gasteiger partial charge in [0.25, 0.3) is 0 Å². The lowest BCUT2D eigenvalue weighted by Crippen LogP contribution is -2.00. The number of carbonyl (C=O) groups is 1. The van der Waals surface area contributed by atoms with Crippen molar-refractivity contribution in [1.29, 1.82) is 0 Å². The summed E-state index contributed by atoms with van der Waals surface area (Å²) >= 11 is 0. The molecule has 0 aliphatic rings. The van der Waals surface area contributed by atoms with E-state index in [1.807, 2.05) is 13.8 Å². The molecule has 0 aromatic heterocycles. The van der Waals surface area contributed by atoms with Crippen molar-refractivity contribution in [2.45, 2.75) is 34.3 Å². The van der Waals surface area contributed by atoms with Crippen LogP contribution in [-0.4, -0.2) is 22.4 Å². The highest BCUT2D eigenvalue weighted by Crippen LogP contribution is 2.33. The predicted molar refractivity (Wildman–Crippen MR) is 92.0 cm³/mol. The van der Waals surface area contributed by atoms with Crippen LogP contribution in [0.25, 0.3) is 0 Å². The van der Waals surface area contributed by atoms with Crippen molar-refractivity contribution in [1.82, 2.24) is 0 Å². The van der Waals surface area contributed by atoms with Crippen molar-refractivity contribution in [3.63, 3.8) is 0 Å². The maximum Gasteiger partial charge on any atom is 0.335 e. The molecular weight excluding hydrogens is 290 g/mol. The molecule has 0 bridgehead atoms. The quantitative estimate of drug-likeness (QED) is 0.842. The van der Waals surface area contributed by atoms with Gasteiger partial charge in [-0.25, -0.2) is 4.79 Å². The highest BCUT2D eigenvalue weighted by Gasteiger charge is 2.13. The zero-order chi connectivity index (χ0) is 17.1. The number of benzene rings is 2. The Labute approximate surface area is 136 Å². The zero-order valence-corrected chi connectivity index (χ0v) is 13.8. The first-order valence-corrected chi connectivity index (χ1v) is 7.44. The van der Waals surface area contributed by atoms with E-state index in [0.717, 1.165) is 27.9 Å². The Morgan fingerprint density at radius 1 is 1.00 bits per heavy atom. The standard InChI is InChI=1S/C19H21NO3/c1-11-12(2)14(4)18(17(10-21)13(11)3)20-9-15-5-7-16(8-6-15)19(22)23/h5-9,21H,10H2,1-4H3,(H,22,23). The van der Waals surface area contributed by atoms with Gasteiger partial charge in [0.15, 0.2) is 0 Å². The number of rotatable bonds is 4. The lowest BCUT2D eigenvalue weighted by molar-refractivity contribution is 0.0697. The summed E-state index contributed by atoms with van der Waals surface area (Å²) in [4.78, 5) is 15.4. The molecule has 4 heteroatoms. The van der Waals surface area contributed by atoms with Crippen molar-refractivity contribution in [3.05, 3.63) is 63.2 Å². The van der Waals surface area contributed by atoms with Crippen molar-refractivity contribution >= 4 is 17.9 Å². The number of hydrogen-bond acceptors (Lipinski definition) is 3. The van der Waals surface area contributed by atoms with Gasteiger partial charge in [0.1, 0.15) is 0 Å². The molecular formula is C19H21NO3. The number of carboxylic acids is 1. The number of aliphatic imine (C=N–C) groups is 1. The predicted octanol–water partition coefficient (Wildman–Crippen LogP) is 3.86. The van der Waals surface area contributed by atoms with E-state index in [-0.39, 0.29) is 12.2 Å². The minimum absolute atomic E-state index is 0.0571. The molecule has 2 aromatic carbocycles. The van der Waals surface area contributed by atoms with E-state index in [4.69, 9.17) is 5.11 Å². The molecule has 4 nitrogen and oxygen atoms in total. The average molecular weight is 311 g/mol. The van der Waals surface area contributed by atoms with Gasteiger partial charge in [0.05, 0.1) is 17.9 Å². The monoisotopic (exact) mass is 311 g/mol. The SMILES string of the molecule is Cc1c(C)c(C)c(N=Cc2ccc(C(=O)O)cc2)c(CO)c1C. The van der Waals surface area contributed by atoms with Crippen molar-refractivity contribution in [2.24, 2.45) is 4.99 Å². The maximum absolute atomic E-state index is 10.9. The van der Waals surface area contributed by atoms with Gasteiger partial charge in [-0.15, -0.1) is 0 Å². The first-order valence-electron chi connectivity index (χ1n) is 7.44. The fourth-order valence-corrected chi connectivity index (χ4v) is 2.59. The van der Waals surface area contributed by atoms with E-state index in [2.05, 4.69) is 18.8 Å². The Morgan fingerprint density at radius 3 is 2.09 bits per heavy atom. The van der Waals surface area contributed by atoms with Crippen LogP contribution in [0.3, 0.4) is 0 Å². The highest BCUT2D eigenvalue weighted by molar-refractivity contribution is 5.89. The van der Waals surface area contributed by atoms with E-state index in [1.165, 1.54) is 11.1 Å². The maximum atomic E-state index is 10.9. The summed E-state index contributed by atoms with van der Waals surface area (Å²) in [6.07, 6.45) is 1.70. The molecule has 120 valence electrons. The topological polar surface area (TPSA) is 69.9 Å². The van der Waals surface area contributed by atoms with Crippen molar-refractivity contribution in [2.75, 3.05) is 0 Å². The van der Waals surface area contributed by atoms with Crippen LogP contribution in [0, 0.1) is 27.7 Å². The Hall–Kier alpha value is -2.46. The van der Waals surface area contributed by atoms with Gasteiger partial charge in [-0.05, 0) is 67.6 Å². The molecule has 0 fully saturated rings. The van der Waals surface area contributed by atoms with Gasteiger partial charge in [-0.2, -0.15) is 0 Å². The molecule has 0 unspecified atom stereocenters. The van der Waals surface area contributed by atoms with Crippen LogP contribution in [-0.2, 0) is 6.61 Å². The Balaban J connectivity index is 2.45. The minimum atomic E-state index is -0.948. The average Bonchev–Trinajstić information content (AvgIpc) is 2.55. The van der Waals surface area contributed by atoms with Crippen LogP contribution >= 0.6 is 0 Å². The Morgan fingerprint density at radius 2 is 1.57 bits per heavy atom. The largest absolute Gasteiger partial charge is 0.478 e. The molecule has 2 aromatic rings. The summed E-state index contributed by atoms with van der Waals surface area (Å²) in [6.45, 7) is 8.04. The lowest BCUT2D eigenvalue weighted by Gasteiger charge is -2.16. The van der Waals surface area contributed by atoms with Crippen LogP contribution in [0.15, 0.2) is 29.3 Å². The molecule has 0 saturated carbocycles. The fraction of sp³-hybridized carbons (Fsp3) is 0.263. The van der Waals surface area contributed by atoms with E-state index >= 15 is 0 Å². The molecule has 0 saturated heterocycles. The zero-order valence-electron chi connectivity index (χ0n) is 13.8. The van der Waals surface area contributed by atoms with Gasteiger partial charge < -0.3 is 10.2 Å². The van der Waals surface area contributed by atoms with Crippen molar-refractivity contribution < 1.29 is 15.0 Å². The summed E-state index contributed by atoms with van der Waals surface area (Å²) in [5.41, 5.74) is 7.15. The smallest absolute Gasteiger partial charge is 0.335 e. The van der Waals surface area contributed by atoms with Gasteiger partial charge in [0, 0.05) is 11.8 Å². The minimum Gasteiger partial charge on any atom is -0.478 e. The van der Waals surface area contributed by atoms with E-state index in [0.29, 0.717) is 0 Å². The van der Waals surface area contributed by atoms with Gasteiger partial charge in [0.2, 0.25) is 0 Å². The summed E-state index contributed by atoms with van der Waals surface area (Å²) in [6, 6.07) is 6.54. The first kappa shape index (κ1) is 16.9. The highest BCUT2D eigenvalue weighted by atomic mass is 16.4. The number of aliphatic hydroxyl groups excluding tert-OH is 1. The molecule has 23 heavy (non-hydrogen) atoms. The molecule has 2 rings (SSSR count). The van der Waals surface area contributed by atoms with E-state index in [1.54, 1.807) is 30.5 Å². The Bertz CT molecular complexity index is 774. The second-order valence-electron chi connectivity index (χ2n) is 5.67. The third-order valence-electron chi connectivity index (χ3n) is 4.44. The molecule has 0 radical (unpaired) electrons. The number of hydrogen-bond donors (Lipinski definition) is 2. The fourth-order valence-electron chi connectivity index (χ4n) is 2.59. The first-order chi connectivity index (χ1) is 10.9. The molecule has 0 aliphatic heterocycles. The summed E-state index contributed by atoms with van der Waals surface area (Å²) in [7, 11) is 0. The third-order valence-corrected chi connectivity index (χ3v) is 4.44. The molecule has 0 amide bonds. The molecule has 0 aliphatic carbocycles. The molecule has 0 heterocycles. The molecule has 2 N–H and O–H groups in total. The second kappa shape index (κ2) is 6.75. The van der Waals surface area contributed by atoms with Crippen molar-refractivity contribution in [3.8, 4) is 0 Å². The van der Waals surface area contributed by atoms with E-state index < -0.39 is 5.97 Å². The van der Waals surface area contributed by atoms with Crippen LogP contribution in [0.4, 0.5) is 5.69 Å². The number of aromatic carboxylic acids is 1. The van der Waals surface area contributed by atoms with Gasteiger partial charge in [-0.3, -0.25) is 4.99 Å². The van der Waals surface area contributed by atoms with Crippen LogP contribution < -0.4 is 0 Å². The summed E-state index contributed by atoms with van der Waals surface area (Å²) in [5, 5.41) is 18.6. The third kappa shape index (κ3) is 3.32. The summed E-state index contributed by atoms with van der Waals surface area (Å²) < 4.78 is 0. The molecule has 0 atom stereocenters. The van der Waals surface area contributed by atoms with Gasteiger partial charge >= 0.3 is 5.97 Å². The Kier molecular flexibility index (Phi) is 4.96. The second-order valence-corrected chi connectivity index (χ2v) is 5.67.